The number of alkyl halides is 1. The summed E-state index contributed by atoms with van der Waals surface area (Å²) in [5.74, 6) is -0.0103. The van der Waals surface area contributed by atoms with Crippen LogP contribution in [0.2, 0.25) is 0 Å². The van der Waals surface area contributed by atoms with E-state index in [1.807, 2.05) is 12.1 Å². The molecule has 9 heteroatoms. The van der Waals surface area contributed by atoms with Crippen LogP contribution in [-0.4, -0.2) is 43.6 Å². The molecule has 0 bridgehead atoms. The van der Waals surface area contributed by atoms with Crippen LogP contribution in [-0.2, 0) is 19.3 Å². The maximum Gasteiger partial charge on any atom is 0.263 e. The maximum atomic E-state index is 16.8. The van der Waals surface area contributed by atoms with E-state index in [2.05, 4.69) is 27.0 Å². The number of anilines is 2. The molecule has 39 heavy (non-hydrogen) atoms. The number of amides is 1. The zero-order chi connectivity index (χ0) is 26.9. The van der Waals surface area contributed by atoms with Crippen molar-refractivity contribution >= 4 is 28.1 Å². The molecule has 7 rings (SSSR count). The molecule has 3 aliphatic rings. The highest BCUT2D eigenvalue weighted by Crippen LogP contribution is 2.52. The van der Waals surface area contributed by atoms with Crippen molar-refractivity contribution in [1.29, 1.82) is 0 Å². The lowest BCUT2D eigenvalue weighted by atomic mass is 9.90. The molecule has 1 aliphatic carbocycles. The summed E-state index contributed by atoms with van der Waals surface area (Å²) < 4.78 is 33.6. The van der Waals surface area contributed by atoms with Crippen molar-refractivity contribution in [2.24, 2.45) is 18.9 Å². The number of hydrogen-bond acceptors (Lipinski definition) is 5. The number of carbonyl (C=O) groups excluding carboxylic acids is 1. The smallest absolute Gasteiger partial charge is 0.263 e. The number of hydrogen-bond donors (Lipinski definition) is 0. The highest BCUT2D eigenvalue weighted by atomic mass is 19.1. The van der Waals surface area contributed by atoms with Gasteiger partial charge in [0.15, 0.2) is 11.5 Å². The molecule has 0 N–H and O–H groups in total. The van der Waals surface area contributed by atoms with Gasteiger partial charge in [0.1, 0.15) is 12.1 Å². The van der Waals surface area contributed by atoms with E-state index in [-0.39, 0.29) is 23.5 Å². The van der Waals surface area contributed by atoms with E-state index in [1.165, 1.54) is 29.9 Å². The second-order valence-corrected chi connectivity index (χ2v) is 11.4. The van der Waals surface area contributed by atoms with Gasteiger partial charge < -0.3 is 4.57 Å². The fourth-order valence-electron chi connectivity index (χ4n) is 6.50. The van der Waals surface area contributed by atoms with Crippen LogP contribution in [0.25, 0.3) is 10.8 Å². The number of pyridine rings is 1. The normalized spacial score (nSPS) is 21.1. The van der Waals surface area contributed by atoms with Crippen LogP contribution >= 0.6 is 0 Å². The van der Waals surface area contributed by atoms with Crippen LogP contribution in [0, 0.1) is 17.7 Å². The third-order valence-electron chi connectivity index (χ3n) is 8.50. The third-order valence-corrected chi connectivity index (χ3v) is 8.50. The number of likely N-dealkylation sites (tertiary alicyclic amines) is 1. The Kier molecular flexibility index (Phi) is 5.56. The molecule has 2 aliphatic heterocycles. The predicted octanol–water partition coefficient (Wildman–Crippen LogP) is 5.65. The zero-order valence-corrected chi connectivity index (χ0v) is 22.1. The lowest BCUT2D eigenvalue weighted by Gasteiger charge is -2.30. The summed E-state index contributed by atoms with van der Waals surface area (Å²) in [4.78, 5) is 22.2. The Balaban J connectivity index is 1.29. The molecule has 0 radical (unpaired) electrons. The molecule has 4 aromatic rings. The summed E-state index contributed by atoms with van der Waals surface area (Å²) in [5, 5.41) is 9.01. The highest BCUT2D eigenvalue weighted by Gasteiger charge is 2.52. The number of carbonyl (C=O) groups is 1. The van der Waals surface area contributed by atoms with Crippen LogP contribution in [0.3, 0.4) is 0 Å². The Bertz CT molecular complexity index is 1610. The molecule has 2 aromatic heterocycles. The second-order valence-electron chi connectivity index (χ2n) is 11.4. The first-order valence-electron chi connectivity index (χ1n) is 13.7. The fourth-order valence-corrected chi connectivity index (χ4v) is 6.50. The molecule has 4 heterocycles. The van der Waals surface area contributed by atoms with E-state index >= 15 is 8.78 Å². The topological polar surface area (TPSA) is 67.2 Å². The van der Waals surface area contributed by atoms with Gasteiger partial charge in [-0.3, -0.25) is 19.6 Å². The van der Waals surface area contributed by atoms with Crippen molar-refractivity contribution in [2.75, 3.05) is 18.0 Å². The van der Waals surface area contributed by atoms with Crippen molar-refractivity contribution in [3.63, 3.8) is 0 Å². The molecule has 1 unspecified atom stereocenters. The molecule has 7 nitrogen and oxygen atoms in total. The molecule has 2 aromatic carbocycles. The minimum absolute atomic E-state index is 0.223. The standard InChI is InChI=1S/C30H30F2N6O/c1-18-4-3-9-37(15-18)16-19-10-23-25(31)7-8-26-27(23)24(11-19)28(39)38(26)22-12-21(13-33-14-22)30(32,20-5-6-20)29-35-34-17-36(29)2/h7-8,10-14,17-18,20H,3-6,9,15-16H2,1-2H3/t18-,30?/m0/s1. The van der Waals surface area contributed by atoms with Crippen LogP contribution in [0.15, 0.2) is 49.1 Å². The number of halogens is 2. The van der Waals surface area contributed by atoms with Gasteiger partial charge >= 0.3 is 0 Å². The second kappa shape index (κ2) is 8.91. The Hall–Kier alpha value is -3.72. The third kappa shape index (κ3) is 3.85. The van der Waals surface area contributed by atoms with Gasteiger partial charge in [-0.15, -0.1) is 10.2 Å². The van der Waals surface area contributed by atoms with Gasteiger partial charge in [0.2, 0.25) is 0 Å². The Morgan fingerprint density at radius 2 is 1.97 bits per heavy atom. The van der Waals surface area contributed by atoms with E-state index in [1.54, 1.807) is 29.9 Å². The van der Waals surface area contributed by atoms with E-state index in [0.717, 1.165) is 37.9 Å². The van der Waals surface area contributed by atoms with Gasteiger partial charge in [0, 0.05) is 48.6 Å². The fraction of sp³-hybridized carbons (Fsp3) is 0.400. The Morgan fingerprint density at radius 1 is 1.13 bits per heavy atom. The van der Waals surface area contributed by atoms with Crippen LogP contribution in [0.5, 0.6) is 0 Å². The minimum atomic E-state index is -1.87. The van der Waals surface area contributed by atoms with E-state index in [9.17, 15) is 4.79 Å². The first kappa shape index (κ1) is 24.3. The lowest BCUT2D eigenvalue weighted by molar-refractivity contribution is 0.100. The molecule has 2 atom stereocenters. The number of nitrogens with zero attached hydrogens (tertiary/aromatic N) is 6. The lowest BCUT2D eigenvalue weighted by Crippen LogP contribution is -2.33. The maximum absolute atomic E-state index is 16.8. The SMILES string of the molecule is C[C@H]1CCCN(Cc2cc3c4c(ccc(F)c4c2)N(c2cncc(C(F)(c4nncn4C)C4CC4)c2)C3=O)C1. The molecule has 1 saturated carbocycles. The van der Waals surface area contributed by atoms with Crippen LogP contribution < -0.4 is 4.90 Å². The van der Waals surface area contributed by atoms with Gasteiger partial charge in [0.05, 0.1) is 23.1 Å². The molecule has 0 spiro atoms. The summed E-state index contributed by atoms with van der Waals surface area (Å²) in [7, 11) is 1.72. The van der Waals surface area contributed by atoms with E-state index < -0.39 is 5.67 Å². The van der Waals surface area contributed by atoms with Gasteiger partial charge in [-0.2, -0.15) is 0 Å². The van der Waals surface area contributed by atoms with Crippen molar-refractivity contribution in [1.82, 2.24) is 24.6 Å². The van der Waals surface area contributed by atoms with Crippen LogP contribution in [0.4, 0.5) is 20.2 Å². The molecule has 200 valence electrons. The summed E-state index contributed by atoms with van der Waals surface area (Å²) in [6.07, 6.45) is 8.38. The average Bonchev–Trinajstić information content (AvgIpc) is 3.64. The van der Waals surface area contributed by atoms with Crippen molar-refractivity contribution in [3.8, 4) is 0 Å². The van der Waals surface area contributed by atoms with Gasteiger partial charge in [-0.25, -0.2) is 8.78 Å². The molecule has 2 fully saturated rings. The monoisotopic (exact) mass is 528 g/mol. The first-order chi connectivity index (χ1) is 18.8. The number of rotatable bonds is 6. The van der Waals surface area contributed by atoms with Gasteiger partial charge in [0.25, 0.3) is 5.91 Å². The predicted molar refractivity (Wildman–Crippen MR) is 144 cm³/mol. The zero-order valence-electron chi connectivity index (χ0n) is 22.1. The molecule has 1 amide bonds. The number of aromatic nitrogens is 4. The summed E-state index contributed by atoms with van der Waals surface area (Å²) in [6.45, 7) is 4.91. The van der Waals surface area contributed by atoms with Crippen molar-refractivity contribution in [3.05, 3.63) is 77.4 Å². The van der Waals surface area contributed by atoms with Crippen LogP contribution in [0.1, 0.15) is 59.9 Å². The van der Waals surface area contributed by atoms with E-state index in [4.69, 9.17) is 0 Å². The first-order valence-corrected chi connectivity index (χ1v) is 13.7. The molecule has 1 saturated heterocycles. The van der Waals surface area contributed by atoms with E-state index in [0.29, 0.717) is 45.7 Å². The number of aryl methyl sites for hydroxylation is 1. The summed E-state index contributed by atoms with van der Waals surface area (Å²) in [5.41, 5.74) is 0.871. The minimum Gasteiger partial charge on any atom is -0.318 e. The quantitative estimate of drug-likeness (QED) is 0.324. The van der Waals surface area contributed by atoms with Gasteiger partial charge in [-0.1, -0.05) is 6.92 Å². The molecular weight excluding hydrogens is 498 g/mol. The van der Waals surface area contributed by atoms with Crippen molar-refractivity contribution in [2.45, 2.75) is 44.8 Å². The average molecular weight is 529 g/mol. The molecular formula is C30H30F2N6O. The number of piperidine rings is 1. The number of benzene rings is 2. The highest BCUT2D eigenvalue weighted by molar-refractivity contribution is 6.28. The van der Waals surface area contributed by atoms with Gasteiger partial charge in [-0.05, 0) is 74.0 Å². The summed E-state index contributed by atoms with van der Waals surface area (Å²) in [6, 6.07) is 8.47. The Labute approximate surface area is 225 Å². The Morgan fingerprint density at radius 3 is 2.72 bits per heavy atom. The largest absolute Gasteiger partial charge is 0.318 e. The summed E-state index contributed by atoms with van der Waals surface area (Å²) >= 11 is 0. The van der Waals surface area contributed by atoms with Crippen molar-refractivity contribution < 1.29 is 13.6 Å².